The van der Waals surface area contributed by atoms with Crippen molar-refractivity contribution in [2.45, 2.75) is 19.1 Å². The van der Waals surface area contributed by atoms with Gasteiger partial charge in [-0.1, -0.05) is 30.3 Å². The lowest BCUT2D eigenvalue weighted by atomic mass is 9.94. The number of hydrogen-bond acceptors (Lipinski definition) is 3. The molecule has 0 radical (unpaired) electrons. The van der Waals surface area contributed by atoms with E-state index in [4.69, 9.17) is 5.73 Å². The summed E-state index contributed by atoms with van der Waals surface area (Å²) >= 11 is 0. The largest absolute Gasteiger partial charge is 0.391 e. The molecule has 88 valence electrons. The molecule has 2 atom stereocenters. The Kier molecular flexibility index (Phi) is 3.93. The van der Waals surface area contributed by atoms with Gasteiger partial charge in [0.2, 0.25) is 0 Å². The lowest BCUT2D eigenvalue weighted by Gasteiger charge is -2.35. The molecule has 1 fully saturated rings. The van der Waals surface area contributed by atoms with E-state index in [1.807, 2.05) is 6.07 Å². The number of aliphatic hydroxyl groups excluding tert-OH is 1. The van der Waals surface area contributed by atoms with Crippen LogP contribution in [0.2, 0.25) is 0 Å². The molecule has 0 spiro atoms. The Hall–Kier alpha value is -0.900. The van der Waals surface area contributed by atoms with E-state index in [-0.39, 0.29) is 12.0 Å². The normalized spacial score (nSPS) is 26.9. The van der Waals surface area contributed by atoms with E-state index in [2.05, 4.69) is 29.2 Å². The summed E-state index contributed by atoms with van der Waals surface area (Å²) in [6.07, 6.45) is 0.743. The van der Waals surface area contributed by atoms with Gasteiger partial charge in [0.15, 0.2) is 0 Å². The van der Waals surface area contributed by atoms with Crippen molar-refractivity contribution in [2.24, 2.45) is 11.7 Å². The van der Waals surface area contributed by atoms with Crippen LogP contribution in [0.5, 0.6) is 0 Å². The second-order valence-corrected chi connectivity index (χ2v) is 4.57. The SMILES string of the molecule is NC[C@H]1CCN(Cc2ccccc2)C[C@H]1O. The van der Waals surface area contributed by atoms with Gasteiger partial charge in [-0.2, -0.15) is 0 Å². The van der Waals surface area contributed by atoms with Gasteiger partial charge in [-0.3, -0.25) is 4.90 Å². The van der Waals surface area contributed by atoms with Crippen LogP contribution in [-0.4, -0.2) is 35.7 Å². The topological polar surface area (TPSA) is 49.5 Å². The monoisotopic (exact) mass is 220 g/mol. The predicted octanol–water partition coefficient (Wildman–Crippen LogP) is 0.828. The standard InChI is InChI=1S/C13H20N2O/c14-8-12-6-7-15(10-13(12)16)9-11-4-2-1-3-5-11/h1-5,12-13,16H,6-10,14H2/t12-,13-/m1/s1. The molecule has 0 amide bonds. The van der Waals surface area contributed by atoms with Crippen molar-refractivity contribution in [1.29, 1.82) is 0 Å². The molecule has 1 saturated heterocycles. The quantitative estimate of drug-likeness (QED) is 0.793. The van der Waals surface area contributed by atoms with Gasteiger partial charge in [-0.05, 0) is 31.0 Å². The van der Waals surface area contributed by atoms with Crippen molar-refractivity contribution < 1.29 is 5.11 Å². The molecule has 0 aliphatic carbocycles. The summed E-state index contributed by atoms with van der Waals surface area (Å²) in [6, 6.07) is 10.4. The zero-order valence-corrected chi connectivity index (χ0v) is 9.55. The minimum absolute atomic E-state index is 0.262. The van der Waals surface area contributed by atoms with Crippen LogP contribution in [0.1, 0.15) is 12.0 Å². The number of nitrogens with zero attached hydrogens (tertiary/aromatic N) is 1. The number of piperidine rings is 1. The van der Waals surface area contributed by atoms with E-state index in [1.54, 1.807) is 0 Å². The first-order chi connectivity index (χ1) is 7.79. The van der Waals surface area contributed by atoms with E-state index < -0.39 is 0 Å². The molecular formula is C13H20N2O. The summed E-state index contributed by atoms with van der Waals surface area (Å²) in [5.74, 6) is 0.284. The molecular weight excluding hydrogens is 200 g/mol. The van der Waals surface area contributed by atoms with Crippen molar-refractivity contribution >= 4 is 0 Å². The van der Waals surface area contributed by atoms with Crippen LogP contribution in [0.4, 0.5) is 0 Å². The lowest BCUT2D eigenvalue weighted by molar-refractivity contribution is 0.0221. The first kappa shape index (κ1) is 11.6. The molecule has 3 heteroatoms. The van der Waals surface area contributed by atoms with Crippen LogP contribution < -0.4 is 5.73 Å². The molecule has 1 aliphatic rings. The third-order valence-corrected chi connectivity index (χ3v) is 3.36. The van der Waals surface area contributed by atoms with Gasteiger partial charge in [0, 0.05) is 13.1 Å². The van der Waals surface area contributed by atoms with Gasteiger partial charge in [0.1, 0.15) is 0 Å². The fourth-order valence-electron chi connectivity index (χ4n) is 2.31. The van der Waals surface area contributed by atoms with Gasteiger partial charge in [-0.25, -0.2) is 0 Å². The van der Waals surface area contributed by atoms with E-state index in [1.165, 1.54) is 5.56 Å². The molecule has 0 aromatic heterocycles. The van der Waals surface area contributed by atoms with Crippen molar-refractivity contribution in [1.82, 2.24) is 4.90 Å². The van der Waals surface area contributed by atoms with Crippen molar-refractivity contribution in [2.75, 3.05) is 19.6 Å². The average Bonchev–Trinajstić information content (AvgIpc) is 2.31. The molecule has 0 saturated carbocycles. The number of likely N-dealkylation sites (tertiary alicyclic amines) is 1. The molecule has 1 heterocycles. The Morgan fingerprint density at radius 3 is 2.69 bits per heavy atom. The average molecular weight is 220 g/mol. The maximum atomic E-state index is 9.90. The van der Waals surface area contributed by atoms with Crippen LogP contribution in [0.25, 0.3) is 0 Å². The molecule has 3 nitrogen and oxygen atoms in total. The Balaban J connectivity index is 1.89. The Morgan fingerprint density at radius 1 is 1.31 bits per heavy atom. The predicted molar refractivity (Wildman–Crippen MR) is 64.9 cm³/mol. The summed E-state index contributed by atoms with van der Waals surface area (Å²) < 4.78 is 0. The number of nitrogens with two attached hydrogens (primary N) is 1. The van der Waals surface area contributed by atoms with Crippen molar-refractivity contribution in [3.8, 4) is 0 Å². The fraction of sp³-hybridized carbons (Fsp3) is 0.538. The van der Waals surface area contributed by atoms with Crippen LogP contribution in [0.3, 0.4) is 0 Å². The first-order valence-corrected chi connectivity index (χ1v) is 5.94. The third-order valence-electron chi connectivity index (χ3n) is 3.36. The summed E-state index contributed by atoms with van der Waals surface area (Å²) in [5.41, 5.74) is 6.92. The van der Waals surface area contributed by atoms with Gasteiger partial charge in [0.25, 0.3) is 0 Å². The molecule has 1 aromatic rings. The highest BCUT2D eigenvalue weighted by atomic mass is 16.3. The van der Waals surface area contributed by atoms with Crippen LogP contribution in [-0.2, 0) is 6.54 Å². The molecule has 3 N–H and O–H groups in total. The third kappa shape index (κ3) is 2.82. The molecule has 1 aromatic carbocycles. The minimum atomic E-state index is -0.262. The number of β-amino-alcohol motifs (C(OH)–C–C–N with tert-alkyl or cyclic N) is 1. The zero-order chi connectivity index (χ0) is 11.4. The van der Waals surface area contributed by atoms with Crippen LogP contribution in [0.15, 0.2) is 30.3 Å². The highest BCUT2D eigenvalue weighted by Crippen LogP contribution is 2.18. The van der Waals surface area contributed by atoms with Crippen LogP contribution in [0, 0.1) is 5.92 Å². The van der Waals surface area contributed by atoms with E-state index in [9.17, 15) is 5.11 Å². The number of aliphatic hydroxyl groups is 1. The summed E-state index contributed by atoms with van der Waals surface area (Å²) in [4.78, 5) is 2.30. The van der Waals surface area contributed by atoms with Crippen LogP contribution >= 0.6 is 0 Å². The van der Waals surface area contributed by atoms with Gasteiger partial charge in [-0.15, -0.1) is 0 Å². The van der Waals surface area contributed by atoms with Crippen molar-refractivity contribution in [3.63, 3.8) is 0 Å². The minimum Gasteiger partial charge on any atom is -0.391 e. The number of hydrogen-bond donors (Lipinski definition) is 2. The fourth-order valence-corrected chi connectivity index (χ4v) is 2.31. The Labute approximate surface area is 96.9 Å². The van der Waals surface area contributed by atoms with Gasteiger partial charge < -0.3 is 10.8 Å². The summed E-state index contributed by atoms with van der Waals surface area (Å²) in [7, 11) is 0. The number of rotatable bonds is 3. The second kappa shape index (κ2) is 5.43. The van der Waals surface area contributed by atoms with Gasteiger partial charge in [0.05, 0.1) is 6.10 Å². The molecule has 1 aliphatic heterocycles. The van der Waals surface area contributed by atoms with Crippen molar-refractivity contribution in [3.05, 3.63) is 35.9 Å². The van der Waals surface area contributed by atoms with E-state index in [0.717, 1.165) is 26.1 Å². The molecule has 0 unspecified atom stereocenters. The zero-order valence-electron chi connectivity index (χ0n) is 9.55. The molecule has 0 bridgehead atoms. The summed E-state index contributed by atoms with van der Waals surface area (Å²) in [6.45, 7) is 3.31. The Morgan fingerprint density at radius 2 is 2.06 bits per heavy atom. The highest BCUT2D eigenvalue weighted by Gasteiger charge is 2.26. The van der Waals surface area contributed by atoms with E-state index >= 15 is 0 Å². The smallest absolute Gasteiger partial charge is 0.0707 e. The highest BCUT2D eigenvalue weighted by molar-refractivity contribution is 5.14. The van der Waals surface area contributed by atoms with E-state index in [0.29, 0.717) is 6.54 Å². The van der Waals surface area contributed by atoms with Gasteiger partial charge >= 0.3 is 0 Å². The lowest BCUT2D eigenvalue weighted by Crippen LogP contribution is -2.45. The first-order valence-electron chi connectivity index (χ1n) is 5.94. The maximum absolute atomic E-state index is 9.90. The molecule has 16 heavy (non-hydrogen) atoms. The Bertz CT molecular complexity index is 315. The second-order valence-electron chi connectivity index (χ2n) is 4.57. The number of benzene rings is 1. The summed E-state index contributed by atoms with van der Waals surface area (Å²) in [5, 5.41) is 9.90. The maximum Gasteiger partial charge on any atom is 0.0707 e. The molecule has 2 rings (SSSR count).